The van der Waals surface area contributed by atoms with Crippen LogP contribution in [0.2, 0.25) is 0 Å². The molecular weight excluding hydrogens is 378 g/mol. The lowest BCUT2D eigenvalue weighted by molar-refractivity contribution is 0.589. The van der Waals surface area contributed by atoms with E-state index in [2.05, 4.69) is 93.6 Å². The van der Waals surface area contributed by atoms with Crippen LogP contribution in [0.3, 0.4) is 0 Å². The quantitative estimate of drug-likeness (QED) is 0.290. The van der Waals surface area contributed by atoms with Gasteiger partial charge in [0.1, 0.15) is 0 Å². The van der Waals surface area contributed by atoms with Crippen LogP contribution in [0.4, 0.5) is 0 Å². The van der Waals surface area contributed by atoms with Crippen LogP contribution in [0.5, 0.6) is 0 Å². The predicted molar refractivity (Wildman–Crippen MR) is 130 cm³/mol. The third-order valence-corrected chi connectivity index (χ3v) is 6.60. The van der Waals surface area contributed by atoms with E-state index in [1.165, 1.54) is 49.2 Å². The minimum atomic E-state index is 0.0731. The van der Waals surface area contributed by atoms with Crippen molar-refractivity contribution < 1.29 is 0 Å². The molecule has 31 heavy (non-hydrogen) atoms. The maximum Gasteiger partial charge on any atom is 0.0726 e. The van der Waals surface area contributed by atoms with Crippen molar-refractivity contribution >= 4 is 38.1 Å². The van der Waals surface area contributed by atoms with Gasteiger partial charge >= 0.3 is 0 Å². The van der Waals surface area contributed by atoms with Crippen molar-refractivity contribution in [3.63, 3.8) is 0 Å². The van der Waals surface area contributed by atoms with E-state index in [4.69, 9.17) is 9.97 Å². The van der Waals surface area contributed by atoms with Crippen LogP contribution >= 0.6 is 0 Å². The average Bonchev–Trinajstić information content (AvgIpc) is 3.26. The Morgan fingerprint density at radius 1 is 0.774 bits per heavy atom. The Hall–Kier alpha value is -3.46. The molecule has 6 rings (SSSR count). The van der Waals surface area contributed by atoms with Crippen LogP contribution in [0.1, 0.15) is 37.7 Å². The van der Waals surface area contributed by atoms with Crippen LogP contribution in [-0.4, -0.2) is 14.4 Å². The highest BCUT2D eigenvalue weighted by Crippen LogP contribution is 2.43. The molecule has 2 aromatic carbocycles. The molecule has 0 spiro atoms. The van der Waals surface area contributed by atoms with Crippen molar-refractivity contribution in [1.82, 2.24) is 14.4 Å². The first-order valence-electron chi connectivity index (χ1n) is 10.9. The highest BCUT2D eigenvalue weighted by atomic mass is 14.9. The van der Waals surface area contributed by atoms with Crippen molar-refractivity contribution in [3.8, 4) is 11.3 Å². The van der Waals surface area contributed by atoms with E-state index in [0.717, 1.165) is 17.1 Å². The van der Waals surface area contributed by atoms with Gasteiger partial charge in [0.2, 0.25) is 0 Å². The van der Waals surface area contributed by atoms with Gasteiger partial charge in [-0.15, -0.1) is 0 Å². The lowest BCUT2D eigenvalue weighted by Crippen LogP contribution is -2.11. The zero-order valence-electron chi connectivity index (χ0n) is 18.6. The maximum atomic E-state index is 4.95. The third kappa shape index (κ3) is 2.40. The molecule has 0 aliphatic heterocycles. The SMILES string of the molecule is Cc1nc(C)c2c3cccc(-c4cc(C(C)(C)C)ccn4)c3n3c4ccccc4c1c23. The Morgan fingerprint density at radius 2 is 1.48 bits per heavy atom. The normalized spacial score (nSPS) is 12.7. The third-order valence-electron chi connectivity index (χ3n) is 6.60. The van der Waals surface area contributed by atoms with Gasteiger partial charge < -0.3 is 4.40 Å². The number of pyridine rings is 2. The van der Waals surface area contributed by atoms with E-state index < -0.39 is 0 Å². The van der Waals surface area contributed by atoms with Crippen molar-refractivity contribution in [1.29, 1.82) is 0 Å². The van der Waals surface area contributed by atoms with Crippen LogP contribution in [0.15, 0.2) is 60.8 Å². The number of hydrogen-bond donors (Lipinski definition) is 0. The fraction of sp³-hybridized carbons (Fsp3) is 0.214. The highest BCUT2D eigenvalue weighted by Gasteiger charge is 2.23. The number of hydrogen-bond acceptors (Lipinski definition) is 2. The van der Waals surface area contributed by atoms with Crippen molar-refractivity contribution in [2.75, 3.05) is 0 Å². The van der Waals surface area contributed by atoms with Gasteiger partial charge in [-0.25, -0.2) is 0 Å². The summed E-state index contributed by atoms with van der Waals surface area (Å²) in [6.07, 6.45) is 1.94. The summed E-state index contributed by atoms with van der Waals surface area (Å²) < 4.78 is 2.44. The minimum Gasteiger partial charge on any atom is -0.307 e. The zero-order chi connectivity index (χ0) is 21.5. The van der Waals surface area contributed by atoms with Gasteiger partial charge in [0.25, 0.3) is 0 Å². The molecule has 0 aliphatic carbocycles. The van der Waals surface area contributed by atoms with Crippen molar-refractivity contribution in [3.05, 3.63) is 77.7 Å². The Bertz CT molecular complexity index is 1630. The lowest BCUT2D eigenvalue weighted by Gasteiger charge is -2.19. The zero-order valence-corrected chi connectivity index (χ0v) is 18.6. The van der Waals surface area contributed by atoms with Gasteiger partial charge in [0.15, 0.2) is 0 Å². The number of aryl methyl sites for hydroxylation is 2. The Labute approximate surface area is 181 Å². The molecule has 6 aromatic rings. The molecule has 0 N–H and O–H groups in total. The summed E-state index contributed by atoms with van der Waals surface area (Å²) in [6.45, 7) is 11.0. The number of para-hydroxylation sites is 2. The molecular formula is C28H25N3. The van der Waals surface area contributed by atoms with Gasteiger partial charge in [0, 0.05) is 44.7 Å². The van der Waals surface area contributed by atoms with Gasteiger partial charge in [-0.3, -0.25) is 9.97 Å². The molecule has 0 bridgehead atoms. The van der Waals surface area contributed by atoms with Crippen molar-refractivity contribution in [2.45, 2.75) is 40.0 Å². The Morgan fingerprint density at radius 3 is 2.26 bits per heavy atom. The molecule has 0 radical (unpaired) electrons. The molecule has 0 amide bonds. The fourth-order valence-corrected chi connectivity index (χ4v) is 5.17. The first kappa shape index (κ1) is 18.3. The molecule has 0 saturated carbocycles. The van der Waals surface area contributed by atoms with Gasteiger partial charge in [-0.05, 0) is 43.0 Å². The fourth-order valence-electron chi connectivity index (χ4n) is 5.17. The largest absolute Gasteiger partial charge is 0.307 e. The van der Waals surface area contributed by atoms with E-state index in [1.807, 2.05) is 6.20 Å². The second-order valence-corrected chi connectivity index (χ2v) is 9.62. The summed E-state index contributed by atoms with van der Waals surface area (Å²) in [5.74, 6) is 0. The lowest BCUT2D eigenvalue weighted by atomic mass is 9.87. The molecule has 4 heterocycles. The van der Waals surface area contributed by atoms with E-state index in [-0.39, 0.29) is 5.41 Å². The molecule has 0 atom stereocenters. The standard InChI is InChI=1S/C28H25N3/c1-16-24-20-9-6-7-12-23(20)31-26-19(22-15-18(13-14-29-22)28(3,4)5)10-8-11-21(26)25(27(24)31)17(2)30-16/h6-15H,1-5H3. The number of nitrogens with zero attached hydrogens (tertiary/aromatic N) is 3. The van der Waals surface area contributed by atoms with Gasteiger partial charge in [-0.1, -0.05) is 57.2 Å². The molecule has 0 aliphatic rings. The summed E-state index contributed by atoms with van der Waals surface area (Å²) in [6, 6.07) is 19.6. The molecule has 3 nitrogen and oxygen atoms in total. The Kier molecular flexibility index (Phi) is 3.57. The number of aromatic nitrogens is 3. The average molecular weight is 404 g/mol. The van der Waals surface area contributed by atoms with Crippen LogP contribution in [0.25, 0.3) is 49.4 Å². The van der Waals surface area contributed by atoms with Crippen LogP contribution in [-0.2, 0) is 5.41 Å². The smallest absolute Gasteiger partial charge is 0.0726 e. The van der Waals surface area contributed by atoms with Crippen molar-refractivity contribution in [2.24, 2.45) is 0 Å². The highest BCUT2D eigenvalue weighted by molar-refractivity contribution is 6.26. The van der Waals surface area contributed by atoms with E-state index in [0.29, 0.717) is 0 Å². The second-order valence-electron chi connectivity index (χ2n) is 9.62. The molecule has 3 heteroatoms. The summed E-state index contributed by atoms with van der Waals surface area (Å²) in [4.78, 5) is 9.75. The summed E-state index contributed by atoms with van der Waals surface area (Å²) >= 11 is 0. The van der Waals surface area contributed by atoms with Gasteiger partial charge in [-0.2, -0.15) is 0 Å². The van der Waals surface area contributed by atoms with Crippen LogP contribution < -0.4 is 0 Å². The number of fused-ring (bicyclic) bond motifs is 6. The van der Waals surface area contributed by atoms with Gasteiger partial charge in [0.05, 0.1) is 22.2 Å². The first-order valence-corrected chi connectivity index (χ1v) is 10.9. The molecule has 0 unspecified atom stereocenters. The minimum absolute atomic E-state index is 0.0731. The second kappa shape index (κ2) is 6.04. The summed E-state index contributed by atoms with van der Waals surface area (Å²) in [5.41, 5.74) is 9.45. The summed E-state index contributed by atoms with van der Waals surface area (Å²) in [7, 11) is 0. The maximum absolute atomic E-state index is 4.95. The molecule has 4 aromatic heterocycles. The van der Waals surface area contributed by atoms with Crippen LogP contribution in [0, 0.1) is 13.8 Å². The summed E-state index contributed by atoms with van der Waals surface area (Å²) in [5, 5.41) is 5.02. The topological polar surface area (TPSA) is 30.2 Å². The number of benzene rings is 2. The van der Waals surface area contributed by atoms with E-state index in [1.54, 1.807) is 0 Å². The van der Waals surface area contributed by atoms with E-state index in [9.17, 15) is 0 Å². The monoisotopic (exact) mass is 403 g/mol. The first-order chi connectivity index (χ1) is 14.9. The number of rotatable bonds is 1. The predicted octanol–water partition coefficient (Wildman–Crippen LogP) is 7.21. The van der Waals surface area contributed by atoms with E-state index >= 15 is 0 Å². The molecule has 152 valence electrons. The molecule has 0 fully saturated rings. The molecule has 0 saturated heterocycles. The Balaban J connectivity index is 1.86.